The van der Waals surface area contributed by atoms with E-state index in [4.69, 9.17) is 21.3 Å². The minimum absolute atomic E-state index is 0.709. The third-order valence-electron chi connectivity index (χ3n) is 4.79. The molecule has 1 N–H and O–H groups in total. The number of fused-ring (bicyclic) bond motifs is 1. The second kappa shape index (κ2) is 7.99. The van der Waals surface area contributed by atoms with E-state index in [0.717, 1.165) is 54.4 Å². The van der Waals surface area contributed by atoms with Gasteiger partial charge < -0.3 is 15.0 Å². The third-order valence-corrected chi connectivity index (χ3v) is 5.04. The fourth-order valence-corrected chi connectivity index (χ4v) is 3.50. The fourth-order valence-electron chi connectivity index (χ4n) is 3.38. The molecule has 0 saturated carbocycles. The quantitative estimate of drug-likeness (QED) is 0.538. The van der Waals surface area contributed by atoms with Crippen LogP contribution in [0.5, 0.6) is 5.75 Å². The van der Waals surface area contributed by atoms with Crippen molar-refractivity contribution < 1.29 is 4.74 Å². The largest absolute Gasteiger partial charge is 0.496 e. The first-order chi connectivity index (χ1) is 13.2. The van der Waals surface area contributed by atoms with Crippen molar-refractivity contribution in [3.8, 4) is 5.75 Å². The molecule has 1 heterocycles. The number of amidine groups is 1. The summed E-state index contributed by atoms with van der Waals surface area (Å²) in [5.74, 6) is 1.77. The molecule has 5 heteroatoms. The van der Waals surface area contributed by atoms with Gasteiger partial charge in [-0.2, -0.15) is 0 Å². The van der Waals surface area contributed by atoms with Crippen LogP contribution in [0.15, 0.2) is 65.7 Å². The maximum atomic E-state index is 6.04. The Morgan fingerprint density at radius 1 is 1.00 bits per heavy atom. The first kappa shape index (κ1) is 17.8. The molecule has 0 aliphatic carbocycles. The van der Waals surface area contributed by atoms with E-state index in [1.54, 1.807) is 7.11 Å². The van der Waals surface area contributed by atoms with Crippen molar-refractivity contribution in [2.75, 3.05) is 33.3 Å². The van der Waals surface area contributed by atoms with Crippen LogP contribution in [0.3, 0.4) is 0 Å². The normalized spacial score (nSPS) is 15.2. The fraction of sp³-hybridized carbons (Fsp3) is 0.227. The lowest BCUT2D eigenvalue weighted by molar-refractivity contribution is 0.355. The Hall–Kier alpha value is -2.56. The lowest BCUT2D eigenvalue weighted by Gasteiger charge is -2.31. The number of benzene rings is 3. The van der Waals surface area contributed by atoms with Crippen molar-refractivity contribution in [3.05, 3.63) is 71.2 Å². The van der Waals surface area contributed by atoms with Crippen LogP contribution in [0.1, 0.15) is 5.56 Å². The van der Waals surface area contributed by atoms with Crippen LogP contribution in [0.2, 0.25) is 5.02 Å². The molecule has 1 fully saturated rings. The number of hydrogen-bond acceptors (Lipinski definition) is 3. The van der Waals surface area contributed by atoms with Gasteiger partial charge in [0, 0.05) is 31.2 Å². The molecule has 0 atom stereocenters. The van der Waals surface area contributed by atoms with Crippen molar-refractivity contribution in [2.45, 2.75) is 0 Å². The SMILES string of the molecule is COc1cc2ccccc2cc1C(=Nc1ccc(Cl)cc1)N1CCNCC1. The Morgan fingerprint density at radius 2 is 1.67 bits per heavy atom. The molecule has 4 rings (SSSR count). The van der Waals surface area contributed by atoms with Crippen LogP contribution in [0, 0.1) is 0 Å². The highest BCUT2D eigenvalue weighted by Crippen LogP contribution is 2.29. The Kier molecular flexibility index (Phi) is 5.28. The topological polar surface area (TPSA) is 36.9 Å². The summed E-state index contributed by atoms with van der Waals surface area (Å²) in [7, 11) is 1.71. The summed E-state index contributed by atoms with van der Waals surface area (Å²) in [5, 5.41) is 6.44. The number of hydrogen-bond donors (Lipinski definition) is 1. The molecule has 0 spiro atoms. The summed E-state index contributed by atoms with van der Waals surface area (Å²) in [6.45, 7) is 3.69. The van der Waals surface area contributed by atoms with Gasteiger partial charge in [0.1, 0.15) is 11.6 Å². The van der Waals surface area contributed by atoms with Gasteiger partial charge in [0.25, 0.3) is 0 Å². The lowest BCUT2D eigenvalue weighted by Crippen LogP contribution is -2.46. The molecule has 27 heavy (non-hydrogen) atoms. The molecule has 4 nitrogen and oxygen atoms in total. The Labute approximate surface area is 164 Å². The highest BCUT2D eigenvalue weighted by atomic mass is 35.5. The van der Waals surface area contributed by atoms with Crippen LogP contribution in [-0.2, 0) is 0 Å². The number of halogens is 1. The predicted octanol–water partition coefficient (Wildman–Crippen LogP) is 4.49. The van der Waals surface area contributed by atoms with Gasteiger partial charge in [-0.05, 0) is 47.2 Å². The van der Waals surface area contributed by atoms with E-state index in [1.807, 2.05) is 30.3 Å². The summed E-state index contributed by atoms with van der Waals surface area (Å²) in [4.78, 5) is 7.30. The zero-order valence-corrected chi connectivity index (χ0v) is 16.0. The van der Waals surface area contributed by atoms with Gasteiger partial charge in [-0.25, -0.2) is 4.99 Å². The first-order valence-electron chi connectivity index (χ1n) is 9.12. The van der Waals surface area contributed by atoms with Crippen molar-refractivity contribution >= 4 is 33.9 Å². The number of ether oxygens (including phenoxy) is 1. The summed E-state index contributed by atoms with van der Waals surface area (Å²) in [5.41, 5.74) is 1.89. The molecule has 0 unspecified atom stereocenters. The second-order valence-corrected chi connectivity index (χ2v) is 6.98. The van der Waals surface area contributed by atoms with Crippen molar-refractivity contribution in [2.24, 2.45) is 4.99 Å². The molecule has 3 aromatic carbocycles. The molecule has 3 aromatic rings. The molecule has 0 bridgehead atoms. The van der Waals surface area contributed by atoms with Crippen molar-refractivity contribution in [3.63, 3.8) is 0 Å². The van der Waals surface area contributed by atoms with Gasteiger partial charge >= 0.3 is 0 Å². The molecule has 0 amide bonds. The van der Waals surface area contributed by atoms with Gasteiger partial charge in [-0.3, -0.25) is 0 Å². The van der Waals surface area contributed by atoms with Gasteiger partial charge in [0.2, 0.25) is 0 Å². The van der Waals surface area contributed by atoms with Gasteiger partial charge in [0.05, 0.1) is 18.4 Å². The van der Waals surface area contributed by atoms with E-state index in [-0.39, 0.29) is 0 Å². The Balaban J connectivity index is 1.87. The van der Waals surface area contributed by atoms with E-state index < -0.39 is 0 Å². The maximum Gasteiger partial charge on any atom is 0.140 e. The summed E-state index contributed by atoms with van der Waals surface area (Å²) >= 11 is 6.04. The van der Waals surface area contributed by atoms with E-state index in [0.29, 0.717) is 5.02 Å². The van der Waals surface area contributed by atoms with Crippen LogP contribution < -0.4 is 10.1 Å². The smallest absolute Gasteiger partial charge is 0.140 e. The second-order valence-electron chi connectivity index (χ2n) is 6.55. The molecular formula is C22H22ClN3O. The molecule has 1 aliphatic heterocycles. The minimum atomic E-state index is 0.709. The average Bonchev–Trinajstić information content (AvgIpc) is 2.73. The van der Waals surface area contributed by atoms with Crippen LogP contribution in [0.4, 0.5) is 5.69 Å². The molecule has 0 aromatic heterocycles. The monoisotopic (exact) mass is 379 g/mol. The standard InChI is InChI=1S/C22H22ClN3O/c1-27-21-15-17-5-3-2-4-16(17)14-20(21)22(26-12-10-24-11-13-26)25-19-8-6-18(23)7-9-19/h2-9,14-15,24H,10-13H2,1H3. The molecule has 138 valence electrons. The van der Waals surface area contributed by atoms with Crippen molar-refractivity contribution in [1.82, 2.24) is 10.2 Å². The average molecular weight is 380 g/mol. The highest BCUT2D eigenvalue weighted by Gasteiger charge is 2.20. The maximum absolute atomic E-state index is 6.04. The van der Waals surface area contributed by atoms with E-state index in [1.165, 1.54) is 5.39 Å². The van der Waals surface area contributed by atoms with E-state index in [9.17, 15) is 0 Å². The van der Waals surface area contributed by atoms with Crippen LogP contribution >= 0.6 is 11.6 Å². The number of piperazine rings is 1. The van der Waals surface area contributed by atoms with Crippen LogP contribution in [-0.4, -0.2) is 44.0 Å². The highest BCUT2D eigenvalue weighted by molar-refractivity contribution is 6.30. The Morgan fingerprint density at radius 3 is 2.33 bits per heavy atom. The van der Waals surface area contributed by atoms with Gasteiger partial charge in [-0.1, -0.05) is 35.9 Å². The summed E-state index contributed by atoms with van der Waals surface area (Å²) in [6.07, 6.45) is 0. The molecular weight excluding hydrogens is 358 g/mol. The van der Waals surface area contributed by atoms with Crippen molar-refractivity contribution in [1.29, 1.82) is 0 Å². The predicted molar refractivity (Wildman–Crippen MR) is 113 cm³/mol. The Bertz CT molecular complexity index is 963. The van der Waals surface area contributed by atoms with Gasteiger partial charge in [-0.15, -0.1) is 0 Å². The summed E-state index contributed by atoms with van der Waals surface area (Å²) in [6, 6.07) is 20.2. The van der Waals surface area contributed by atoms with Gasteiger partial charge in [0.15, 0.2) is 0 Å². The van der Waals surface area contributed by atoms with E-state index in [2.05, 4.69) is 40.5 Å². The zero-order chi connectivity index (χ0) is 18.6. The lowest BCUT2D eigenvalue weighted by atomic mass is 10.0. The van der Waals surface area contributed by atoms with E-state index >= 15 is 0 Å². The summed E-state index contributed by atoms with van der Waals surface area (Å²) < 4.78 is 5.74. The first-order valence-corrected chi connectivity index (χ1v) is 9.49. The number of nitrogens with one attached hydrogen (secondary N) is 1. The van der Waals surface area contributed by atoms with Crippen LogP contribution in [0.25, 0.3) is 10.8 Å². The number of rotatable bonds is 3. The molecule has 1 aliphatic rings. The zero-order valence-electron chi connectivity index (χ0n) is 15.3. The molecule has 1 saturated heterocycles. The third kappa shape index (κ3) is 3.92. The minimum Gasteiger partial charge on any atom is -0.496 e. The molecule has 0 radical (unpaired) electrons. The number of aliphatic imine (C=N–C) groups is 1. The number of nitrogens with zero attached hydrogens (tertiary/aromatic N) is 2. The number of methoxy groups -OCH3 is 1.